The monoisotopic (exact) mass is 184 g/mol. The van der Waals surface area contributed by atoms with Gasteiger partial charge in [-0.3, -0.25) is 4.99 Å². The molecular weight excluding hydrogens is 164 g/mol. The zero-order chi connectivity index (χ0) is 9.52. The van der Waals surface area contributed by atoms with Gasteiger partial charge in [0.25, 0.3) is 0 Å². The van der Waals surface area contributed by atoms with Crippen molar-refractivity contribution >= 4 is 5.96 Å². The number of aliphatic imine (C=N–C) groups is 1. The molecule has 1 unspecified atom stereocenters. The molecule has 0 saturated carbocycles. The Hall–Kier alpha value is -0.770. The molecule has 0 saturated heterocycles. The Morgan fingerprint density at radius 1 is 1.69 bits per heavy atom. The molecule has 0 aromatic rings. The second-order valence-electron chi connectivity index (χ2n) is 3.56. The van der Waals surface area contributed by atoms with Gasteiger partial charge in [-0.1, -0.05) is 0 Å². The zero-order valence-corrected chi connectivity index (χ0v) is 8.34. The molecule has 1 rings (SSSR count). The third-order valence-corrected chi connectivity index (χ3v) is 2.03. The van der Waals surface area contributed by atoms with Gasteiger partial charge in [-0.25, -0.2) is 0 Å². The van der Waals surface area contributed by atoms with Crippen molar-refractivity contribution in [2.24, 2.45) is 10.7 Å². The Bertz CT molecular complexity index is 165. The summed E-state index contributed by atoms with van der Waals surface area (Å²) in [5.41, 5.74) is 5.64. The van der Waals surface area contributed by atoms with Crippen LogP contribution in [0.2, 0.25) is 0 Å². The van der Waals surface area contributed by atoms with Crippen LogP contribution in [0.4, 0.5) is 0 Å². The molecule has 1 aliphatic heterocycles. The molecule has 0 aliphatic carbocycles. The fourth-order valence-electron chi connectivity index (χ4n) is 1.28. The molecule has 1 heterocycles. The third-order valence-electron chi connectivity index (χ3n) is 2.03. The number of nitrogens with zero attached hydrogens (tertiary/aromatic N) is 1. The van der Waals surface area contributed by atoms with Crippen LogP contribution in [-0.2, 0) is 0 Å². The van der Waals surface area contributed by atoms with Crippen LogP contribution >= 0.6 is 0 Å². The minimum Gasteiger partial charge on any atom is -0.356 e. The highest BCUT2D eigenvalue weighted by Crippen LogP contribution is 1.92. The fourth-order valence-corrected chi connectivity index (χ4v) is 1.28. The normalized spacial score (nSPS) is 18.8. The molecule has 0 radical (unpaired) electrons. The van der Waals surface area contributed by atoms with Crippen molar-refractivity contribution in [2.45, 2.75) is 32.2 Å². The van der Waals surface area contributed by atoms with Crippen LogP contribution in [-0.4, -0.2) is 31.6 Å². The summed E-state index contributed by atoms with van der Waals surface area (Å²) in [5.74, 6) is 0.955. The highest BCUT2D eigenvalue weighted by atomic mass is 15.2. The molecule has 0 aromatic heterocycles. The van der Waals surface area contributed by atoms with Crippen molar-refractivity contribution in [3.63, 3.8) is 0 Å². The summed E-state index contributed by atoms with van der Waals surface area (Å²) in [6.45, 7) is 4.99. The van der Waals surface area contributed by atoms with Crippen molar-refractivity contribution in [2.75, 3.05) is 19.6 Å². The highest BCUT2D eigenvalue weighted by Gasteiger charge is 2.02. The van der Waals surface area contributed by atoms with Gasteiger partial charge in [0.05, 0.1) is 0 Å². The van der Waals surface area contributed by atoms with Crippen LogP contribution in [0.5, 0.6) is 0 Å². The van der Waals surface area contributed by atoms with Crippen LogP contribution in [0.25, 0.3) is 0 Å². The molecule has 4 nitrogen and oxygen atoms in total. The second kappa shape index (κ2) is 5.80. The second-order valence-corrected chi connectivity index (χ2v) is 3.56. The maximum absolute atomic E-state index is 5.64. The lowest BCUT2D eigenvalue weighted by Crippen LogP contribution is -2.41. The summed E-state index contributed by atoms with van der Waals surface area (Å²) >= 11 is 0. The predicted octanol–water partition coefficient (Wildman–Crippen LogP) is 0.0527. The first-order valence-electron chi connectivity index (χ1n) is 5.07. The van der Waals surface area contributed by atoms with Crippen LogP contribution < -0.4 is 16.4 Å². The molecule has 0 bridgehead atoms. The summed E-state index contributed by atoms with van der Waals surface area (Å²) < 4.78 is 0. The standard InChI is InChI=1S/C9H20N4/c1-8(10)4-2-5-11-9-12-6-3-7-13-9/h8H,2-7,10H2,1H3,(H2,11,12,13). The van der Waals surface area contributed by atoms with E-state index in [-0.39, 0.29) is 0 Å². The van der Waals surface area contributed by atoms with Gasteiger partial charge in [0.1, 0.15) is 0 Å². The molecule has 0 aromatic carbocycles. The van der Waals surface area contributed by atoms with Crippen molar-refractivity contribution in [1.82, 2.24) is 10.6 Å². The maximum atomic E-state index is 5.64. The van der Waals surface area contributed by atoms with Gasteiger partial charge in [0, 0.05) is 25.7 Å². The quantitative estimate of drug-likeness (QED) is 0.541. The lowest BCUT2D eigenvalue weighted by atomic mass is 10.2. The molecule has 4 N–H and O–H groups in total. The molecule has 1 aliphatic rings. The number of nitrogens with two attached hydrogens (primary N) is 1. The van der Waals surface area contributed by atoms with E-state index in [1.54, 1.807) is 0 Å². The molecule has 1 atom stereocenters. The van der Waals surface area contributed by atoms with Crippen LogP contribution in [0, 0.1) is 0 Å². The number of nitrogens with one attached hydrogen (secondary N) is 2. The first-order chi connectivity index (χ1) is 6.29. The summed E-state index contributed by atoms with van der Waals surface area (Å²) in [6, 6.07) is 0.308. The Labute approximate surface area is 80.0 Å². The van der Waals surface area contributed by atoms with Gasteiger partial charge in [0.2, 0.25) is 0 Å². The first kappa shape index (κ1) is 10.3. The molecule has 13 heavy (non-hydrogen) atoms. The minimum absolute atomic E-state index is 0.308. The van der Waals surface area contributed by atoms with Gasteiger partial charge in [-0.15, -0.1) is 0 Å². The van der Waals surface area contributed by atoms with Crippen LogP contribution in [0.15, 0.2) is 4.99 Å². The van der Waals surface area contributed by atoms with Crippen molar-refractivity contribution < 1.29 is 0 Å². The lowest BCUT2D eigenvalue weighted by Gasteiger charge is -2.16. The number of rotatable bonds is 4. The van der Waals surface area contributed by atoms with Crippen molar-refractivity contribution in [1.29, 1.82) is 0 Å². The average Bonchev–Trinajstić information content (AvgIpc) is 2.14. The van der Waals surface area contributed by atoms with Crippen LogP contribution in [0.3, 0.4) is 0 Å². The van der Waals surface area contributed by atoms with Gasteiger partial charge in [-0.05, 0) is 26.2 Å². The molecular formula is C9H20N4. The molecule has 76 valence electrons. The Morgan fingerprint density at radius 3 is 3.15 bits per heavy atom. The van der Waals surface area contributed by atoms with E-state index in [2.05, 4.69) is 15.6 Å². The van der Waals surface area contributed by atoms with E-state index in [1.807, 2.05) is 6.92 Å². The molecule has 0 amide bonds. The highest BCUT2D eigenvalue weighted by molar-refractivity contribution is 5.80. The van der Waals surface area contributed by atoms with Gasteiger partial charge in [0.15, 0.2) is 5.96 Å². The van der Waals surface area contributed by atoms with Gasteiger partial charge in [-0.2, -0.15) is 0 Å². The Balaban J connectivity index is 2.01. The third kappa shape index (κ3) is 4.72. The summed E-state index contributed by atoms with van der Waals surface area (Å²) in [5, 5.41) is 6.48. The van der Waals surface area contributed by atoms with E-state index >= 15 is 0 Å². The molecule has 0 spiro atoms. The summed E-state index contributed by atoms with van der Waals surface area (Å²) in [7, 11) is 0. The fraction of sp³-hybridized carbons (Fsp3) is 0.889. The lowest BCUT2D eigenvalue weighted by molar-refractivity contribution is 0.606. The first-order valence-corrected chi connectivity index (χ1v) is 5.07. The maximum Gasteiger partial charge on any atom is 0.191 e. The molecule has 0 fully saturated rings. The average molecular weight is 184 g/mol. The van der Waals surface area contributed by atoms with Crippen molar-refractivity contribution in [3.8, 4) is 0 Å². The number of guanidine groups is 1. The molecule has 4 heteroatoms. The van der Waals surface area contributed by atoms with Crippen LogP contribution in [0.1, 0.15) is 26.2 Å². The van der Waals surface area contributed by atoms with E-state index in [0.29, 0.717) is 6.04 Å². The minimum atomic E-state index is 0.308. The van der Waals surface area contributed by atoms with Gasteiger partial charge >= 0.3 is 0 Å². The topological polar surface area (TPSA) is 62.4 Å². The van der Waals surface area contributed by atoms with E-state index in [9.17, 15) is 0 Å². The SMILES string of the molecule is CC(N)CCCNC1=NCCCN1. The van der Waals surface area contributed by atoms with E-state index in [0.717, 1.165) is 44.9 Å². The zero-order valence-electron chi connectivity index (χ0n) is 8.34. The largest absolute Gasteiger partial charge is 0.356 e. The smallest absolute Gasteiger partial charge is 0.191 e. The number of hydrogen-bond donors (Lipinski definition) is 3. The summed E-state index contributed by atoms with van der Waals surface area (Å²) in [4.78, 5) is 4.31. The summed E-state index contributed by atoms with van der Waals surface area (Å²) in [6.07, 6.45) is 3.32. The van der Waals surface area contributed by atoms with Gasteiger partial charge < -0.3 is 16.4 Å². The van der Waals surface area contributed by atoms with E-state index in [4.69, 9.17) is 5.73 Å². The Morgan fingerprint density at radius 2 is 2.54 bits per heavy atom. The Kier molecular flexibility index (Phi) is 4.60. The van der Waals surface area contributed by atoms with Crippen molar-refractivity contribution in [3.05, 3.63) is 0 Å². The predicted molar refractivity (Wildman–Crippen MR) is 55.8 cm³/mol. The number of hydrogen-bond acceptors (Lipinski definition) is 4. The van der Waals surface area contributed by atoms with E-state index < -0.39 is 0 Å². The van der Waals surface area contributed by atoms with E-state index in [1.165, 1.54) is 0 Å².